The monoisotopic (exact) mass is 109 g/mol. The summed E-state index contributed by atoms with van der Waals surface area (Å²) in [4.78, 5) is 0. The summed E-state index contributed by atoms with van der Waals surface area (Å²) in [5.74, 6) is 0. The highest BCUT2D eigenvalue weighted by Gasteiger charge is 1.84. The van der Waals surface area contributed by atoms with Crippen LogP contribution in [-0.2, 0) is 0 Å². The lowest BCUT2D eigenvalue weighted by molar-refractivity contribution is 0.758. The van der Waals surface area contributed by atoms with E-state index in [0.717, 1.165) is 0 Å². The Hall–Kier alpha value is -0.520. The maximum atomic E-state index is 2.23. The van der Waals surface area contributed by atoms with E-state index in [1.807, 2.05) is 0 Å². The van der Waals surface area contributed by atoms with Crippen molar-refractivity contribution in [1.82, 2.24) is 0 Å². The molecule has 0 saturated heterocycles. The molecule has 1 rings (SSSR count). The third kappa shape index (κ3) is 1.97. The highest BCUT2D eigenvalue weighted by molar-refractivity contribution is 5.03. The summed E-state index contributed by atoms with van der Waals surface area (Å²) < 4.78 is 0. The van der Waals surface area contributed by atoms with Crippen LogP contribution >= 0.6 is 0 Å². The summed E-state index contributed by atoms with van der Waals surface area (Å²) in [7, 11) is 0. The molecule has 1 aliphatic carbocycles. The van der Waals surface area contributed by atoms with Gasteiger partial charge in [0.2, 0.25) is 0 Å². The molecule has 0 saturated carbocycles. The zero-order chi connectivity index (χ0) is 5.66. The van der Waals surface area contributed by atoms with Gasteiger partial charge in [-0.05, 0) is 25.7 Å². The molecule has 0 aliphatic heterocycles. The molecule has 0 aromatic heterocycles. The van der Waals surface area contributed by atoms with Gasteiger partial charge in [-0.25, -0.2) is 0 Å². The number of hydrogen-bond acceptors (Lipinski definition) is 0. The van der Waals surface area contributed by atoms with Crippen LogP contribution in [0.4, 0.5) is 0 Å². The highest BCUT2D eigenvalue weighted by atomic mass is 13.9. The van der Waals surface area contributed by atoms with Gasteiger partial charge in [-0.1, -0.05) is 24.3 Å². The molecule has 0 atom stereocenters. The molecule has 0 amide bonds. The van der Waals surface area contributed by atoms with Gasteiger partial charge in [0.05, 0.1) is 0 Å². The Morgan fingerprint density at radius 2 is 1.38 bits per heavy atom. The Balaban J connectivity index is 0.000000640. The molecule has 0 fully saturated rings. The van der Waals surface area contributed by atoms with Crippen LogP contribution < -0.4 is 0 Å². The van der Waals surface area contributed by atoms with Crippen molar-refractivity contribution in [3.8, 4) is 0 Å². The molecule has 8 heavy (non-hydrogen) atoms. The summed E-state index contributed by atoms with van der Waals surface area (Å²) >= 11 is 0. The van der Waals surface area contributed by atoms with Crippen molar-refractivity contribution in [2.45, 2.75) is 25.7 Å². The van der Waals surface area contributed by atoms with Crippen LogP contribution in [0.1, 0.15) is 27.1 Å². The Bertz CT molecular complexity index is 89.1. The molecule has 0 heteroatoms. The zero-order valence-corrected chi connectivity index (χ0v) is 5.14. The van der Waals surface area contributed by atoms with E-state index in [1.165, 1.54) is 25.7 Å². The van der Waals surface area contributed by atoms with E-state index in [2.05, 4.69) is 24.3 Å². The van der Waals surface area contributed by atoms with Crippen molar-refractivity contribution in [1.29, 1.82) is 0 Å². The first-order chi connectivity index (χ1) is 4.00. The maximum Gasteiger partial charge on any atom is 1.00 e. The lowest BCUT2D eigenvalue weighted by Gasteiger charge is -1.94. The number of rotatable bonds is 0. The van der Waals surface area contributed by atoms with Gasteiger partial charge < -0.3 is 0 Å². The lowest BCUT2D eigenvalue weighted by atomic mass is 10.1. The predicted octanol–water partition coefficient (Wildman–Crippen LogP) is 2.79. The van der Waals surface area contributed by atoms with Gasteiger partial charge in [-0.15, -0.1) is 0 Å². The Morgan fingerprint density at radius 3 is 1.88 bits per heavy atom. The lowest BCUT2D eigenvalue weighted by Crippen LogP contribution is -1.74. The van der Waals surface area contributed by atoms with Gasteiger partial charge in [0.15, 0.2) is 0 Å². The molecule has 44 valence electrons. The highest BCUT2D eigenvalue weighted by Crippen LogP contribution is 2.04. The standard InChI is InChI=1S/C8H12/c1-2-4-6-8-7-5-3-1/h1-4H,5-8H2/p+1/b3-1-,4-2-. The van der Waals surface area contributed by atoms with Crippen LogP contribution in [-0.4, -0.2) is 0 Å². The largest absolute Gasteiger partial charge is 1.00 e. The van der Waals surface area contributed by atoms with Crippen LogP contribution in [0.15, 0.2) is 24.3 Å². The molecule has 0 aromatic rings. The minimum absolute atomic E-state index is 0. The topological polar surface area (TPSA) is 0 Å². The van der Waals surface area contributed by atoms with Crippen LogP contribution in [0.25, 0.3) is 0 Å². The molecule has 0 spiro atoms. The van der Waals surface area contributed by atoms with Crippen molar-refractivity contribution < 1.29 is 1.43 Å². The average Bonchev–Trinajstić information content (AvgIpc) is 1.62. The smallest absolute Gasteiger partial charge is 0.0845 e. The normalized spacial score (nSPS) is 28.0. The van der Waals surface area contributed by atoms with Crippen molar-refractivity contribution in [3.05, 3.63) is 24.3 Å². The Labute approximate surface area is 52.4 Å². The molecule has 0 bridgehead atoms. The molecular formula is C8H13+. The first kappa shape index (κ1) is 5.61. The van der Waals surface area contributed by atoms with Crippen molar-refractivity contribution >= 4 is 0 Å². The first-order valence-electron chi connectivity index (χ1n) is 3.32. The number of allylic oxidation sites excluding steroid dienone is 4. The van der Waals surface area contributed by atoms with Crippen molar-refractivity contribution in [2.75, 3.05) is 0 Å². The van der Waals surface area contributed by atoms with Crippen LogP contribution in [0.5, 0.6) is 0 Å². The minimum atomic E-state index is 0. The summed E-state index contributed by atoms with van der Waals surface area (Å²) in [6, 6.07) is 0. The van der Waals surface area contributed by atoms with Crippen LogP contribution in [0.2, 0.25) is 0 Å². The maximum absolute atomic E-state index is 2.23. The molecular weight excluding hydrogens is 96.1 g/mol. The molecule has 0 aromatic carbocycles. The first-order valence-corrected chi connectivity index (χ1v) is 3.32. The summed E-state index contributed by atoms with van der Waals surface area (Å²) in [5, 5.41) is 0. The van der Waals surface area contributed by atoms with Crippen LogP contribution in [0.3, 0.4) is 0 Å². The second kappa shape index (κ2) is 3.48. The molecule has 0 N–H and O–H groups in total. The minimum Gasteiger partial charge on any atom is -0.0845 e. The van der Waals surface area contributed by atoms with Gasteiger partial charge in [-0.3, -0.25) is 0 Å². The third-order valence-corrected chi connectivity index (χ3v) is 1.37. The van der Waals surface area contributed by atoms with E-state index in [1.54, 1.807) is 0 Å². The van der Waals surface area contributed by atoms with E-state index < -0.39 is 0 Å². The Kier molecular flexibility index (Phi) is 2.44. The van der Waals surface area contributed by atoms with E-state index >= 15 is 0 Å². The summed E-state index contributed by atoms with van der Waals surface area (Å²) in [5.41, 5.74) is 0. The van der Waals surface area contributed by atoms with Crippen molar-refractivity contribution in [2.24, 2.45) is 0 Å². The molecule has 1 aliphatic rings. The Morgan fingerprint density at radius 1 is 0.875 bits per heavy atom. The fourth-order valence-electron chi connectivity index (χ4n) is 0.874. The fourth-order valence-corrected chi connectivity index (χ4v) is 0.874. The summed E-state index contributed by atoms with van der Waals surface area (Å²) in [6.07, 6.45) is 14.0. The fraction of sp³-hybridized carbons (Fsp3) is 0.500. The van der Waals surface area contributed by atoms with E-state index in [9.17, 15) is 0 Å². The van der Waals surface area contributed by atoms with E-state index in [-0.39, 0.29) is 1.43 Å². The third-order valence-electron chi connectivity index (χ3n) is 1.37. The van der Waals surface area contributed by atoms with Gasteiger partial charge in [0.1, 0.15) is 0 Å². The van der Waals surface area contributed by atoms with Crippen molar-refractivity contribution in [3.63, 3.8) is 0 Å². The van der Waals surface area contributed by atoms with E-state index in [0.29, 0.717) is 0 Å². The average molecular weight is 109 g/mol. The summed E-state index contributed by atoms with van der Waals surface area (Å²) in [6.45, 7) is 0. The second-order valence-corrected chi connectivity index (χ2v) is 2.14. The molecule has 0 nitrogen and oxygen atoms in total. The second-order valence-electron chi connectivity index (χ2n) is 2.14. The zero-order valence-electron chi connectivity index (χ0n) is 6.14. The van der Waals surface area contributed by atoms with Gasteiger partial charge in [0.25, 0.3) is 0 Å². The molecule has 0 radical (unpaired) electrons. The molecule has 0 heterocycles. The molecule has 0 unspecified atom stereocenters. The van der Waals surface area contributed by atoms with Crippen LogP contribution in [0, 0.1) is 0 Å². The SMILES string of the molecule is C1=C\CCCC\C=C/1.[H+]. The van der Waals surface area contributed by atoms with E-state index in [4.69, 9.17) is 0 Å². The van der Waals surface area contributed by atoms with Gasteiger partial charge in [0, 0.05) is 0 Å². The van der Waals surface area contributed by atoms with Gasteiger partial charge >= 0.3 is 1.43 Å². The van der Waals surface area contributed by atoms with Gasteiger partial charge in [-0.2, -0.15) is 0 Å². The quantitative estimate of drug-likeness (QED) is 0.448. The number of hydrogen-bond donors (Lipinski definition) is 0. The predicted molar refractivity (Wildman–Crippen MR) is 37.9 cm³/mol.